The third kappa shape index (κ3) is 3.52. The number of nitrogens with zero attached hydrogens (tertiary/aromatic N) is 1. The minimum absolute atomic E-state index is 0.0894. The maximum Gasteiger partial charge on any atom is 0.263 e. The number of carbonyl (C=O) groups is 1. The van der Waals surface area contributed by atoms with Gasteiger partial charge in [0.05, 0.1) is 4.90 Å². The lowest BCUT2D eigenvalue weighted by Gasteiger charge is -2.09. The number of rotatable bonds is 4. The molecule has 0 saturated heterocycles. The Balaban J connectivity index is 1.85. The summed E-state index contributed by atoms with van der Waals surface area (Å²) in [6, 6.07) is 15.2. The predicted octanol–water partition coefficient (Wildman–Crippen LogP) is 2.99. The van der Waals surface area contributed by atoms with Gasteiger partial charge in [0, 0.05) is 24.2 Å². The summed E-state index contributed by atoms with van der Waals surface area (Å²) in [5.41, 5.74) is 0.533. The summed E-state index contributed by atoms with van der Waals surface area (Å²) in [4.78, 5) is 15.2. The van der Waals surface area contributed by atoms with Crippen LogP contribution in [-0.4, -0.2) is 19.3 Å². The van der Waals surface area contributed by atoms with Gasteiger partial charge in [0.15, 0.2) is 0 Å². The monoisotopic (exact) mass is 341 g/mol. The average molecular weight is 341 g/mol. The zero-order valence-electron chi connectivity index (χ0n) is 12.9. The van der Waals surface area contributed by atoms with Crippen molar-refractivity contribution < 1.29 is 13.2 Å². The smallest absolute Gasteiger partial charge is 0.263 e. The molecule has 0 aliphatic heterocycles. The first-order valence-corrected chi connectivity index (χ1v) is 8.68. The van der Waals surface area contributed by atoms with Crippen LogP contribution in [0.3, 0.4) is 0 Å². The average Bonchev–Trinajstić information content (AvgIpc) is 2.54. The number of hydrogen-bond donors (Lipinski definition) is 2. The summed E-state index contributed by atoms with van der Waals surface area (Å²) in [6.45, 7) is 1.39. The van der Waals surface area contributed by atoms with Crippen LogP contribution in [0.5, 0.6) is 0 Å². The standard InChI is InChI=1S/C17H15N3O3S/c1-12(21)19-15-6-8-16(9-7-15)24(22,23)20-17-10-13-4-2-3-5-14(13)11-18-17/h2-11H,1H3,(H,18,20)(H,19,21). The summed E-state index contributed by atoms with van der Waals surface area (Å²) in [5, 5.41) is 4.41. The van der Waals surface area contributed by atoms with Gasteiger partial charge in [0.25, 0.3) is 10.0 Å². The quantitative estimate of drug-likeness (QED) is 0.763. The summed E-state index contributed by atoms with van der Waals surface area (Å²) >= 11 is 0. The molecule has 2 N–H and O–H groups in total. The van der Waals surface area contributed by atoms with Crippen molar-refractivity contribution in [2.45, 2.75) is 11.8 Å². The van der Waals surface area contributed by atoms with Gasteiger partial charge >= 0.3 is 0 Å². The first-order valence-electron chi connectivity index (χ1n) is 7.19. The van der Waals surface area contributed by atoms with Gasteiger partial charge in [-0.15, -0.1) is 0 Å². The normalized spacial score (nSPS) is 11.2. The molecule has 3 aromatic rings. The number of fused-ring (bicyclic) bond motifs is 1. The lowest BCUT2D eigenvalue weighted by molar-refractivity contribution is -0.114. The topological polar surface area (TPSA) is 88.2 Å². The molecule has 0 unspecified atom stereocenters. The first kappa shape index (κ1) is 15.9. The second kappa shape index (κ2) is 6.29. The molecule has 122 valence electrons. The molecule has 0 saturated carbocycles. The second-order valence-corrected chi connectivity index (χ2v) is 6.91. The van der Waals surface area contributed by atoms with Gasteiger partial charge in [0.2, 0.25) is 5.91 Å². The molecule has 0 radical (unpaired) electrons. The molecule has 6 nitrogen and oxygen atoms in total. The third-order valence-corrected chi connectivity index (χ3v) is 4.73. The van der Waals surface area contributed by atoms with E-state index in [4.69, 9.17) is 0 Å². The van der Waals surface area contributed by atoms with Crippen LogP contribution in [0.2, 0.25) is 0 Å². The van der Waals surface area contributed by atoms with E-state index in [1.54, 1.807) is 12.3 Å². The highest BCUT2D eigenvalue weighted by molar-refractivity contribution is 7.92. The summed E-state index contributed by atoms with van der Waals surface area (Å²) in [5.74, 6) is 0.0312. The van der Waals surface area contributed by atoms with Crippen LogP contribution in [0.4, 0.5) is 11.5 Å². The van der Waals surface area contributed by atoms with E-state index in [0.29, 0.717) is 5.69 Å². The highest BCUT2D eigenvalue weighted by Gasteiger charge is 2.15. The van der Waals surface area contributed by atoms with Crippen LogP contribution in [0.1, 0.15) is 6.92 Å². The first-order chi connectivity index (χ1) is 11.4. The molecule has 0 aliphatic carbocycles. The van der Waals surface area contributed by atoms with E-state index in [9.17, 15) is 13.2 Å². The Morgan fingerprint density at radius 1 is 1.00 bits per heavy atom. The Labute approximate surface area is 139 Å². The van der Waals surface area contributed by atoms with Crippen molar-refractivity contribution in [3.63, 3.8) is 0 Å². The fourth-order valence-corrected chi connectivity index (χ4v) is 3.26. The Morgan fingerprint density at radius 2 is 1.67 bits per heavy atom. The number of benzene rings is 2. The maximum absolute atomic E-state index is 12.4. The number of anilines is 2. The van der Waals surface area contributed by atoms with Crippen molar-refractivity contribution >= 4 is 38.2 Å². The molecular weight excluding hydrogens is 326 g/mol. The van der Waals surface area contributed by atoms with Gasteiger partial charge in [-0.2, -0.15) is 0 Å². The van der Waals surface area contributed by atoms with E-state index < -0.39 is 10.0 Å². The third-order valence-electron chi connectivity index (χ3n) is 3.35. The number of carbonyl (C=O) groups excluding carboxylic acids is 1. The molecule has 1 heterocycles. The zero-order chi connectivity index (χ0) is 17.2. The molecule has 24 heavy (non-hydrogen) atoms. The van der Waals surface area contributed by atoms with E-state index in [-0.39, 0.29) is 16.6 Å². The van der Waals surface area contributed by atoms with Gasteiger partial charge < -0.3 is 5.32 Å². The summed E-state index contributed by atoms with van der Waals surface area (Å²) < 4.78 is 27.3. The van der Waals surface area contributed by atoms with Gasteiger partial charge in [-0.25, -0.2) is 13.4 Å². The van der Waals surface area contributed by atoms with E-state index in [2.05, 4.69) is 15.0 Å². The fraction of sp³-hybridized carbons (Fsp3) is 0.0588. The Hall–Kier alpha value is -2.93. The lowest BCUT2D eigenvalue weighted by atomic mass is 10.2. The molecule has 0 spiro atoms. The van der Waals surface area contributed by atoms with Crippen molar-refractivity contribution in [2.24, 2.45) is 0 Å². The number of hydrogen-bond acceptors (Lipinski definition) is 4. The Bertz CT molecular complexity index is 999. The van der Waals surface area contributed by atoms with Gasteiger partial charge in [-0.3, -0.25) is 9.52 Å². The molecule has 3 rings (SSSR count). The van der Waals surface area contributed by atoms with Gasteiger partial charge in [0.1, 0.15) is 5.82 Å². The van der Waals surface area contributed by atoms with Gasteiger partial charge in [-0.05, 0) is 35.7 Å². The minimum atomic E-state index is -3.75. The van der Waals surface area contributed by atoms with Crippen LogP contribution in [0.25, 0.3) is 10.8 Å². The Kier molecular flexibility index (Phi) is 4.18. The number of sulfonamides is 1. The van der Waals surface area contributed by atoms with Gasteiger partial charge in [-0.1, -0.05) is 24.3 Å². The molecule has 2 aromatic carbocycles. The van der Waals surface area contributed by atoms with Crippen molar-refractivity contribution in [2.75, 3.05) is 10.0 Å². The number of pyridine rings is 1. The number of amides is 1. The zero-order valence-corrected chi connectivity index (χ0v) is 13.7. The number of aromatic nitrogens is 1. The molecular formula is C17H15N3O3S. The minimum Gasteiger partial charge on any atom is -0.326 e. The SMILES string of the molecule is CC(=O)Nc1ccc(S(=O)(=O)Nc2cc3ccccc3cn2)cc1. The van der Waals surface area contributed by atoms with E-state index in [1.165, 1.54) is 31.2 Å². The maximum atomic E-state index is 12.4. The van der Waals surface area contributed by atoms with E-state index in [1.807, 2.05) is 24.3 Å². The highest BCUT2D eigenvalue weighted by atomic mass is 32.2. The molecule has 1 aromatic heterocycles. The highest BCUT2D eigenvalue weighted by Crippen LogP contribution is 2.20. The molecule has 0 bridgehead atoms. The lowest BCUT2D eigenvalue weighted by Crippen LogP contribution is -2.14. The molecule has 1 amide bonds. The van der Waals surface area contributed by atoms with Crippen molar-refractivity contribution in [3.8, 4) is 0 Å². The van der Waals surface area contributed by atoms with Crippen LogP contribution in [0.15, 0.2) is 65.7 Å². The molecule has 0 aliphatic rings. The van der Waals surface area contributed by atoms with Crippen LogP contribution >= 0.6 is 0 Å². The van der Waals surface area contributed by atoms with Crippen LogP contribution in [-0.2, 0) is 14.8 Å². The Morgan fingerprint density at radius 3 is 2.33 bits per heavy atom. The largest absolute Gasteiger partial charge is 0.326 e. The second-order valence-electron chi connectivity index (χ2n) is 5.23. The predicted molar refractivity (Wildman–Crippen MR) is 93.3 cm³/mol. The van der Waals surface area contributed by atoms with E-state index in [0.717, 1.165) is 10.8 Å². The van der Waals surface area contributed by atoms with Crippen molar-refractivity contribution in [1.82, 2.24) is 4.98 Å². The molecule has 0 atom stereocenters. The molecule has 7 heteroatoms. The summed E-state index contributed by atoms with van der Waals surface area (Å²) in [7, 11) is -3.75. The summed E-state index contributed by atoms with van der Waals surface area (Å²) in [6.07, 6.45) is 1.62. The van der Waals surface area contributed by atoms with Crippen LogP contribution < -0.4 is 10.0 Å². The fourth-order valence-electron chi connectivity index (χ4n) is 2.26. The van der Waals surface area contributed by atoms with Crippen molar-refractivity contribution in [1.29, 1.82) is 0 Å². The molecule has 0 fully saturated rings. The van der Waals surface area contributed by atoms with Crippen LogP contribution in [0, 0.1) is 0 Å². The van der Waals surface area contributed by atoms with E-state index >= 15 is 0 Å². The van der Waals surface area contributed by atoms with Crippen molar-refractivity contribution in [3.05, 3.63) is 60.8 Å². The number of nitrogens with one attached hydrogen (secondary N) is 2.